The van der Waals surface area contributed by atoms with Gasteiger partial charge < -0.3 is 9.84 Å². The van der Waals surface area contributed by atoms with Gasteiger partial charge in [-0.25, -0.2) is 9.78 Å². The molecule has 0 atom stereocenters. The number of aryl methyl sites for hydroxylation is 1. The van der Waals surface area contributed by atoms with Crippen LogP contribution in [0.25, 0.3) is 21.6 Å². The molecule has 0 spiro atoms. The van der Waals surface area contributed by atoms with E-state index in [0.717, 1.165) is 23.3 Å². The molecule has 0 aliphatic carbocycles. The summed E-state index contributed by atoms with van der Waals surface area (Å²) in [5.41, 5.74) is 1.59. The Kier molecular flexibility index (Phi) is 6.13. The van der Waals surface area contributed by atoms with Gasteiger partial charge in [-0.1, -0.05) is 48.5 Å². The predicted molar refractivity (Wildman–Crippen MR) is 122 cm³/mol. The molecule has 7 heteroatoms. The molecule has 4 rings (SSSR count). The van der Waals surface area contributed by atoms with Crippen LogP contribution >= 0.6 is 11.3 Å². The SMILES string of the molecule is Cc1ccccc1OCCCCn1c(-c2ccccc2)nc2scc(C(=O)O)c2c1=O. The minimum atomic E-state index is -1.12. The molecule has 0 saturated heterocycles. The van der Waals surface area contributed by atoms with Crippen molar-refractivity contribution in [1.29, 1.82) is 0 Å². The lowest BCUT2D eigenvalue weighted by Crippen LogP contribution is -2.24. The first-order valence-electron chi connectivity index (χ1n) is 10.1. The van der Waals surface area contributed by atoms with Crippen molar-refractivity contribution < 1.29 is 14.6 Å². The van der Waals surface area contributed by atoms with Crippen LogP contribution in [0.2, 0.25) is 0 Å². The van der Waals surface area contributed by atoms with Gasteiger partial charge in [0.15, 0.2) is 0 Å². The van der Waals surface area contributed by atoms with Gasteiger partial charge in [0.2, 0.25) is 0 Å². The summed E-state index contributed by atoms with van der Waals surface area (Å²) in [5, 5.41) is 11.1. The van der Waals surface area contributed by atoms with Gasteiger partial charge >= 0.3 is 5.97 Å². The van der Waals surface area contributed by atoms with Crippen LogP contribution in [0.3, 0.4) is 0 Å². The minimum absolute atomic E-state index is 0.00810. The highest BCUT2D eigenvalue weighted by Gasteiger charge is 2.20. The number of carboxylic acid groups (broad SMARTS) is 1. The summed E-state index contributed by atoms with van der Waals surface area (Å²) in [6.07, 6.45) is 1.45. The van der Waals surface area contributed by atoms with Crippen LogP contribution in [0.4, 0.5) is 0 Å². The lowest BCUT2D eigenvalue weighted by atomic mass is 10.2. The van der Waals surface area contributed by atoms with Crippen LogP contribution in [0.5, 0.6) is 5.75 Å². The van der Waals surface area contributed by atoms with E-state index in [2.05, 4.69) is 4.98 Å². The number of nitrogens with zero attached hydrogens (tertiary/aromatic N) is 2. The van der Waals surface area contributed by atoms with Gasteiger partial charge in [-0.3, -0.25) is 9.36 Å². The molecule has 0 unspecified atom stereocenters. The first kappa shape index (κ1) is 20.8. The maximum atomic E-state index is 13.3. The summed E-state index contributed by atoms with van der Waals surface area (Å²) in [6, 6.07) is 17.3. The fourth-order valence-corrected chi connectivity index (χ4v) is 4.37. The van der Waals surface area contributed by atoms with Gasteiger partial charge in [0.25, 0.3) is 5.56 Å². The van der Waals surface area contributed by atoms with Crippen molar-refractivity contribution in [2.24, 2.45) is 0 Å². The number of carboxylic acids is 1. The van der Waals surface area contributed by atoms with Crippen molar-refractivity contribution in [2.45, 2.75) is 26.3 Å². The molecule has 1 N–H and O–H groups in total. The molecule has 6 nitrogen and oxygen atoms in total. The second kappa shape index (κ2) is 9.14. The topological polar surface area (TPSA) is 81.4 Å². The van der Waals surface area contributed by atoms with E-state index >= 15 is 0 Å². The van der Waals surface area contributed by atoms with Crippen LogP contribution in [0.1, 0.15) is 28.8 Å². The van der Waals surface area contributed by atoms with Crippen molar-refractivity contribution in [3.63, 3.8) is 0 Å². The van der Waals surface area contributed by atoms with Crippen LogP contribution < -0.4 is 10.3 Å². The summed E-state index contributed by atoms with van der Waals surface area (Å²) in [7, 11) is 0. The van der Waals surface area contributed by atoms with Crippen LogP contribution in [0, 0.1) is 6.92 Å². The maximum absolute atomic E-state index is 13.3. The van der Waals surface area contributed by atoms with Gasteiger partial charge in [-0.2, -0.15) is 0 Å². The van der Waals surface area contributed by atoms with Crippen LogP contribution in [-0.4, -0.2) is 27.2 Å². The molecule has 0 fully saturated rings. The normalized spacial score (nSPS) is 11.0. The van der Waals surface area contributed by atoms with Crippen molar-refractivity contribution in [1.82, 2.24) is 9.55 Å². The zero-order valence-electron chi connectivity index (χ0n) is 17.1. The number of thiophene rings is 1. The van der Waals surface area contributed by atoms with Crippen molar-refractivity contribution in [3.05, 3.63) is 81.5 Å². The first-order chi connectivity index (χ1) is 15.1. The Morgan fingerprint density at radius 2 is 1.84 bits per heavy atom. The van der Waals surface area contributed by atoms with Crippen molar-refractivity contribution >= 4 is 27.5 Å². The Bertz CT molecular complexity index is 1280. The number of hydrogen-bond acceptors (Lipinski definition) is 5. The average molecular weight is 435 g/mol. The molecule has 0 aliphatic rings. The molecule has 0 radical (unpaired) electrons. The number of ether oxygens (including phenoxy) is 1. The third kappa shape index (κ3) is 4.36. The molecule has 0 amide bonds. The molecule has 158 valence electrons. The second-order valence-electron chi connectivity index (χ2n) is 7.21. The predicted octanol–water partition coefficient (Wildman–Crippen LogP) is 4.99. The molecule has 0 bridgehead atoms. The van der Waals surface area contributed by atoms with Gasteiger partial charge in [-0.15, -0.1) is 11.3 Å². The van der Waals surface area contributed by atoms with E-state index in [-0.39, 0.29) is 16.5 Å². The number of aromatic nitrogens is 2. The van der Waals surface area contributed by atoms with E-state index in [1.165, 1.54) is 16.7 Å². The summed E-state index contributed by atoms with van der Waals surface area (Å²) >= 11 is 1.18. The Balaban J connectivity index is 1.59. The summed E-state index contributed by atoms with van der Waals surface area (Å²) in [4.78, 5) is 29.9. The quantitative estimate of drug-likeness (QED) is 0.395. The van der Waals surface area contributed by atoms with E-state index in [1.807, 2.05) is 61.5 Å². The number of carbonyl (C=O) groups is 1. The fourth-order valence-electron chi connectivity index (χ4n) is 3.47. The molecular weight excluding hydrogens is 412 g/mol. The molecule has 2 heterocycles. The van der Waals surface area contributed by atoms with E-state index in [1.54, 1.807) is 4.57 Å². The Labute approximate surface area is 183 Å². The first-order valence-corrected chi connectivity index (χ1v) is 10.9. The van der Waals surface area contributed by atoms with Crippen LogP contribution in [-0.2, 0) is 6.54 Å². The molecule has 31 heavy (non-hydrogen) atoms. The van der Waals surface area contributed by atoms with Crippen molar-refractivity contribution in [2.75, 3.05) is 6.61 Å². The lowest BCUT2D eigenvalue weighted by molar-refractivity contribution is 0.0699. The third-order valence-corrected chi connectivity index (χ3v) is 5.96. The second-order valence-corrected chi connectivity index (χ2v) is 8.07. The van der Waals surface area contributed by atoms with Gasteiger partial charge in [-0.05, 0) is 31.4 Å². The molecular formula is C24H22N2O4S. The zero-order chi connectivity index (χ0) is 21.8. The molecule has 0 saturated carbocycles. The van der Waals surface area contributed by atoms with Gasteiger partial charge in [0.1, 0.15) is 16.4 Å². The maximum Gasteiger partial charge on any atom is 0.337 e. The summed E-state index contributed by atoms with van der Waals surface area (Å²) in [5.74, 6) is 0.296. The highest BCUT2D eigenvalue weighted by Crippen LogP contribution is 2.25. The number of fused-ring (bicyclic) bond motifs is 1. The minimum Gasteiger partial charge on any atom is -0.493 e. The smallest absolute Gasteiger partial charge is 0.337 e. The monoisotopic (exact) mass is 434 g/mol. The fraction of sp³-hybridized carbons (Fsp3) is 0.208. The Hall–Kier alpha value is -3.45. The molecule has 2 aromatic heterocycles. The number of benzene rings is 2. The van der Waals surface area contributed by atoms with Gasteiger partial charge in [0, 0.05) is 17.5 Å². The van der Waals surface area contributed by atoms with Crippen LogP contribution in [0.15, 0.2) is 64.8 Å². The van der Waals surface area contributed by atoms with E-state index in [0.29, 0.717) is 30.2 Å². The van der Waals surface area contributed by atoms with E-state index < -0.39 is 5.97 Å². The standard InChI is InChI=1S/C24H22N2O4S/c1-16-9-5-6-12-19(16)30-14-8-7-13-26-21(17-10-3-2-4-11-17)25-22-20(23(26)27)18(15-31-22)24(28)29/h2-6,9-12,15H,7-8,13-14H2,1H3,(H,28,29). The lowest BCUT2D eigenvalue weighted by Gasteiger charge is -2.13. The Morgan fingerprint density at radius 1 is 1.10 bits per heavy atom. The molecule has 0 aliphatic heterocycles. The number of hydrogen-bond donors (Lipinski definition) is 1. The number of para-hydroxylation sites is 1. The molecule has 4 aromatic rings. The summed E-state index contributed by atoms with van der Waals surface area (Å²) in [6.45, 7) is 2.97. The van der Waals surface area contributed by atoms with E-state index in [4.69, 9.17) is 4.74 Å². The summed E-state index contributed by atoms with van der Waals surface area (Å²) < 4.78 is 7.44. The third-order valence-electron chi connectivity index (χ3n) is 5.08. The largest absolute Gasteiger partial charge is 0.493 e. The Morgan fingerprint density at radius 3 is 2.58 bits per heavy atom. The average Bonchev–Trinajstić information content (AvgIpc) is 3.21. The molecule has 2 aromatic carbocycles. The number of rotatable bonds is 8. The zero-order valence-corrected chi connectivity index (χ0v) is 17.9. The number of aromatic carboxylic acids is 1. The number of unbranched alkanes of at least 4 members (excludes halogenated alkanes) is 1. The van der Waals surface area contributed by atoms with Crippen molar-refractivity contribution in [3.8, 4) is 17.1 Å². The van der Waals surface area contributed by atoms with Gasteiger partial charge in [0.05, 0.1) is 17.6 Å². The highest BCUT2D eigenvalue weighted by atomic mass is 32.1. The highest BCUT2D eigenvalue weighted by molar-refractivity contribution is 7.17. The van der Waals surface area contributed by atoms with E-state index in [9.17, 15) is 14.7 Å².